The van der Waals surface area contributed by atoms with E-state index in [4.69, 9.17) is 0 Å². The molecule has 12 heavy (non-hydrogen) atoms. The molecule has 0 spiro atoms. The van der Waals surface area contributed by atoms with Crippen molar-refractivity contribution in [1.29, 1.82) is 0 Å². The fraction of sp³-hybridized carbons (Fsp3) is 0.900. The molecule has 1 aliphatic heterocycles. The Morgan fingerprint density at radius 3 is 2.25 bits per heavy atom. The zero-order valence-electron chi connectivity index (χ0n) is 7.97. The van der Waals surface area contributed by atoms with Crippen molar-refractivity contribution in [1.82, 2.24) is 4.90 Å². The fourth-order valence-electron chi connectivity index (χ4n) is 2.06. The topological polar surface area (TPSA) is 20.3 Å². The van der Waals surface area contributed by atoms with Gasteiger partial charge in [0.15, 0.2) is 0 Å². The molecule has 0 bridgehead atoms. The highest BCUT2D eigenvalue weighted by Gasteiger charge is 2.40. The molecule has 0 N–H and O–H groups in total. The number of hydrogen-bond acceptors (Lipinski definition) is 1. The molecular formula is C10H17NO. The van der Waals surface area contributed by atoms with Gasteiger partial charge in [0, 0.05) is 19.0 Å². The van der Waals surface area contributed by atoms with E-state index in [9.17, 15) is 4.79 Å². The molecule has 1 saturated carbocycles. The van der Waals surface area contributed by atoms with Crippen molar-refractivity contribution in [2.24, 2.45) is 11.3 Å². The number of carbonyl (C=O) groups excluding carboxylic acids is 1. The number of nitrogens with zero attached hydrogens (tertiary/aromatic N) is 1. The van der Waals surface area contributed by atoms with Crippen molar-refractivity contribution in [3.8, 4) is 0 Å². The van der Waals surface area contributed by atoms with Crippen LogP contribution in [0.3, 0.4) is 0 Å². The van der Waals surface area contributed by atoms with E-state index in [1.807, 2.05) is 4.90 Å². The van der Waals surface area contributed by atoms with Crippen molar-refractivity contribution in [2.45, 2.75) is 33.1 Å². The average Bonchev–Trinajstić information content (AvgIpc) is 1.77. The quantitative estimate of drug-likeness (QED) is 0.581. The van der Waals surface area contributed by atoms with Crippen LogP contribution in [0.4, 0.5) is 0 Å². The standard InChI is InChI=1S/C10H17NO/c1-10(2)6-11(7-10)9(12)8-4-3-5-8/h8H,3-7H2,1-2H3. The second kappa shape index (κ2) is 2.48. The summed E-state index contributed by atoms with van der Waals surface area (Å²) in [6.07, 6.45) is 3.53. The van der Waals surface area contributed by atoms with Crippen LogP contribution >= 0.6 is 0 Å². The van der Waals surface area contributed by atoms with Gasteiger partial charge in [0.1, 0.15) is 0 Å². The lowest BCUT2D eigenvalue weighted by Crippen LogP contribution is -2.57. The molecule has 1 aliphatic carbocycles. The van der Waals surface area contributed by atoms with E-state index >= 15 is 0 Å². The van der Waals surface area contributed by atoms with Crippen LogP contribution in [0.15, 0.2) is 0 Å². The van der Waals surface area contributed by atoms with Gasteiger partial charge in [-0.1, -0.05) is 20.3 Å². The van der Waals surface area contributed by atoms with Gasteiger partial charge in [-0.15, -0.1) is 0 Å². The number of carbonyl (C=O) groups is 1. The van der Waals surface area contributed by atoms with Gasteiger partial charge in [-0.2, -0.15) is 0 Å². The van der Waals surface area contributed by atoms with Crippen LogP contribution in [-0.4, -0.2) is 23.9 Å². The molecule has 68 valence electrons. The van der Waals surface area contributed by atoms with Crippen LogP contribution < -0.4 is 0 Å². The first-order valence-corrected chi connectivity index (χ1v) is 4.87. The third-order valence-corrected chi connectivity index (χ3v) is 3.00. The predicted octanol–water partition coefficient (Wildman–Crippen LogP) is 1.65. The Balaban J connectivity index is 1.83. The molecule has 0 radical (unpaired) electrons. The van der Waals surface area contributed by atoms with Crippen molar-refractivity contribution in [3.05, 3.63) is 0 Å². The third-order valence-electron chi connectivity index (χ3n) is 3.00. The van der Waals surface area contributed by atoms with Gasteiger partial charge in [-0.25, -0.2) is 0 Å². The van der Waals surface area contributed by atoms with Crippen LogP contribution in [-0.2, 0) is 4.79 Å². The van der Waals surface area contributed by atoms with Crippen LogP contribution in [0.5, 0.6) is 0 Å². The zero-order valence-corrected chi connectivity index (χ0v) is 7.97. The molecule has 2 aliphatic rings. The number of rotatable bonds is 1. The monoisotopic (exact) mass is 167 g/mol. The number of hydrogen-bond donors (Lipinski definition) is 0. The maximum atomic E-state index is 11.6. The maximum absolute atomic E-state index is 11.6. The Morgan fingerprint density at radius 1 is 1.33 bits per heavy atom. The molecule has 1 amide bonds. The minimum Gasteiger partial charge on any atom is -0.341 e. The molecule has 0 unspecified atom stereocenters. The Bertz CT molecular complexity index is 198. The highest BCUT2D eigenvalue weighted by molar-refractivity contribution is 5.80. The van der Waals surface area contributed by atoms with Crippen molar-refractivity contribution < 1.29 is 4.79 Å². The van der Waals surface area contributed by atoms with E-state index in [-0.39, 0.29) is 0 Å². The second-order valence-electron chi connectivity index (χ2n) is 4.99. The molecule has 0 aromatic carbocycles. The van der Waals surface area contributed by atoms with Gasteiger partial charge in [-0.05, 0) is 18.3 Å². The average molecular weight is 167 g/mol. The van der Waals surface area contributed by atoms with Gasteiger partial charge >= 0.3 is 0 Å². The minimum atomic E-state index is 0.388. The van der Waals surface area contributed by atoms with E-state index in [2.05, 4.69) is 13.8 Å². The number of amides is 1. The molecule has 2 rings (SSSR count). The Labute approximate surface area is 73.9 Å². The molecular weight excluding hydrogens is 150 g/mol. The summed E-state index contributed by atoms with van der Waals surface area (Å²) < 4.78 is 0. The summed E-state index contributed by atoms with van der Waals surface area (Å²) in [5, 5.41) is 0. The van der Waals surface area contributed by atoms with Crippen LogP contribution in [0.25, 0.3) is 0 Å². The van der Waals surface area contributed by atoms with E-state index in [0.717, 1.165) is 25.9 Å². The maximum Gasteiger partial charge on any atom is 0.225 e. The van der Waals surface area contributed by atoms with E-state index in [0.29, 0.717) is 17.2 Å². The highest BCUT2D eigenvalue weighted by Crippen LogP contribution is 2.34. The van der Waals surface area contributed by atoms with Gasteiger partial charge in [0.2, 0.25) is 5.91 Å². The summed E-state index contributed by atoms with van der Waals surface area (Å²) in [6, 6.07) is 0. The SMILES string of the molecule is CC1(C)CN(C(=O)C2CCC2)C1. The van der Waals surface area contributed by atoms with Crippen molar-refractivity contribution >= 4 is 5.91 Å². The first kappa shape index (κ1) is 8.09. The lowest BCUT2D eigenvalue weighted by molar-refractivity contribution is -0.148. The van der Waals surface area contributed by atoms with Gasteiger partial charge in [0.25, 0.3) is 0 Å². The van der Waals surface area contributed by atoms with Crippen LogP contribution in [0, 0.1) is 11.3 Å². The molecule has 0 aromatic rings. The zero-order chi connectivity index (χ0) is 8.77. The first-order chi connectivity index (χ1) is 5.58. The molecule has 2 heteroatoms. The van der Waals surface area contributed by atoms with Crippen LogP contribution in [0.2, 0.25) is 0 Å². The molecule has 0 atom stereocenters. The summed E-state index contributed by atoms with van der Waals surface area (Å²) >= 11 is 0. The summed E-state index contributed by atoms with van der Waals surface area (Å²) in [6.45, 7) is 6.39. The fourth-order valence-corrected chi connectivity index (χ4v) is 2.06. The number of likely N-dealkylation sites (tertiary alicyclic amines) is 1. The third kappa shape index (κ3) is 1.23. The van der Waals surface area contributed by atoms with Gasteiger partial charge in [-0.3, -0.25) is 4.79 Å². The van der Waals surface area contributed by atoms with Crippen molar-refractivity contribution in [2.75, 3.05) is 13.1 Å². The van der Waals surface area contributed by atoms with Gasteiger partial charge in [0.05, 0.1) is 0 Å². The first-order valence-electron chi connectivity index (χ1n) is 4.87. The molecule has 2 fully saturated rings. The largest absolute Gasteiger partial charge is 0.341 e. The minimum absolute atomic E-state index is 0.388. The summed E-state index contributed by atoms with van der Waals surface area (Å²) in [7, 11) is 0. The molecule has 0 aromatic heterocycles. The Hall–Kier alpha value is -0.530. The highest BCUT2D eigenvalue weighted by atomic mass is 16.2. The van der Waals surface area contributed by atoms with Crippen LogP contribution in [0.1, 0.15) is 33.1 Å². The second-order valence-corrected chi connectivity index (χ2v) is 4.99. The predicted molar refractivity (Wildman–Crippen MR) is 47.7 cm³/mol. The van der Waals surface area contributed by atoms with Gasteiger partial charge < -0.3 is 4.90 Å². The summed E-state index contributed by atoms with van der Waals surface area (Å²) in [5.74, 6) is 0.807. The normalized spacial score (nSPS) is 27.7. The summed E-state index contributed by atoms with van der Waals surface area (Å²) in [5.41, 5.74) is 0.388. The smallest absolute Gasteiger partial charge is 0.225 e. The van der Waals surface area contributed by atoms with E-state index in [1.165, 1.54) is 6.42 Å². The molecule has 2 nitrogen and oxygen atoms in total. The lowest BCUT2D eigenvalue weighted by Gasteiger charge is -2.48. The molecule has 1 heterocycles. The molecule has 1 saturated heterocycles. The Morgan fingerprint density at radius 2 is 1.92 bits per heavy atom. The Kier molecular flexibility index (Phi) is 1.67. The van der Waals surface area contributed by atoms with E-state index < -0.39 is 0 Å². The van der Waals surface area contributed by atoms with E-state index in [1.54, 1.807) is 0 Å². The lowest BCUT2D eigenvalue weighted by atomic mass is 9.79. The van der Waals surface area contributed by atoms with Crippen molar-refractivity contribution in [3.63, 3.8) is 0 Å². The summed E-state index contributed by atoms with van der Waals surface area (Å²) in [4.78, 5) is 13.6.